The number of hydrogen-bond donors (Lipinski definition) is 1. The molecule has 0 aliphatic rings. The first kappa shape index (κ1) is 22.1. The van der Waals surface area contributed by atoms with Crippen molar-refractivity contribution >= 4 is 33.5 Å². The number of hydrogen-bond acceptors (Lipinski definition) is 6. The normalized spacial score (nSPS) is 12.6. The molecule has 2 aromatic rings. The van der Waals surface area contributed by atoms with E-state index < -0.39 is 16.1 Å². The number of sulfonamides is 1. The number of benzene rings is 1. The summed E-state index contributed by atoms with van der Waals surface area (Å²) in [6.45, 7) is 1.45. The lowest BCUT2D eigenvalue weighted by molar-refractivity contribution is -0.125. The van der Waals surface area contributed by atoms with Gasteiger partial charge in [-0.15, -0.1) is 0 Å². The van der Waals surface area contributed by atoms with Crippen LogP contribution in [0.15, 0.2) is 58.6 Å². The number of aromatic nitrogens is 1. The van der Waals surface area contributed by atoms with Crippen LogP contribution in [0.2, 0.25) is 0 Å². The monoisotopic (exact) mass is 421 g/mol. The summed E-state index contributed by atoms with van der Waals surface area (Å²) < 4.78 is 25.2. The maximum atomic E-state index is 12.2. The van der Waals surface area contributed by atoms with Crippen molar-refractivity contribution in [3.05, 3.63) is 54.2 Å². The van der Waals surface area contributed by atoms with Gasteiger partial charge in [0.1, 0.15) is 4.90 Å². The molecule has 28 heavy (non-hydrogen) atoms. The lowest BCUT2D eigenvalue weighted by Crippen LogP contribution is -2.42. The molecule has 0 aliphatic heterocycles. The number of carbonyl (C=O) groups excluding carboxylic acids is 2. The van der Waals surface area contributed by atoms with E-state index >= 15 is 0 Å². The lowest BCUT2D eigenvalue weighted by Gasteiger charge is -2.16. The van der Waals surface area contributed by atoms with Crippen molar-refractivity contribution in [1.29, 1.82) is 0 Å². The van der Waals surface area contributed by atoms with E-state index in [-0.39, 0.29) is 22.3 Å². The van der Waals surface area contributed by atoms with Gasteiger partial charge in [-0.25, -0.2) is 17.7 Å². The minimum Gasteiger partial charge on any atom is -0.345 e. The number of amides is 1. The predicted octanol–water partition coefficient (Wildman–Crippen LogP) is 1.74. The Kier molecular flexibility index (Phi) is 7.73. The molecule has 0 spiro atoms. The number of carbonyl (C=O) groups is 2. The molecular weight excluding hydrogens is 398 g/mol. The number of ketones is 1. The standard InChI is InChI=1S/C19H23N3O4S2/c1-14(23)17(11-15-7-5-4-6-8-15)21-18(24)13-27-19-10-9-16(12-20-19)28(25,26)22(2)3/h4-10,12,17H,11,13H2,1-3H3,(H,21,24)/t17-/m1/s1. The highest BCUT2D eigenvalue weighted by Crippen LogP contribution is 2.18. The fourth-order valence-corrected chi connectivity index (χ4v) is 3.84. The average Bonchev–Trinajstić information content (AvgIpc) is 2.66. The van der Waals surface area contributed by atoms with E-state index in [0.717, 1.165) is 9.87 Å². The van der Waals surface area contributed by atoms with Gasteiger partial charge in [0.2, 0.25) is 15.9 Å². The van der Waals surface area contributed by atoms with Gasteiger partial charge in [0.25, 0.3) is 0 Å². The zero-order valence-electron chi connectivity index (χ0n) is 16.0. The summed E-state index contributed by atoms with van der Waals surface area (Å²) in [4.78, 5) is 28.3. The smallest absolute Gasteiger partial charge is 0.244 e. The Morgan fingerprint density at radius 2 is 1.82 bits per heavy atom. The van der Waals surface area contributed by atoms with Gasteiger partial charge in [0.05, 0.1) is 16.8 Å². The van der Waals surface area contributed by atoms with Crippen LogP contribution in [0.3, 0.4) is 0 Å². The van der Waals surface area contributed by atoms with Crippen LogP contribution in [0.4, 0.5) is 0 Å². The molecule has 1 aromatic carbocycles. The first-order valence-corrected chi connectivity index (χ1v) is 11.0. The molecule has 0 aliphatic carbocycles. The molecule has 0 fully saturated rings. The Hall–Kier alpha value is -2.23. The highest BCUT2D eigenvalue weighted by Gasteiger charge is 2.19. The second-order valence-electron chi connectivity index (χ2n) is 6.33. The van der Waals surface area contributed by atoms with Crippen LogP contribution in [0, 0.1) is 0 Å². The Bertz CT molecular complexity index is 914. The fourth-order valence-electron chi connectivity index (χ4n) is 2.34. The highest BCUT2D eigenvalue weighted by atomic mass is 32.2. The van der Waals surface area contributed by atoms with Crippen LogP contribution in [-0.4, -0.2) is 55.3 Å². The molecule has 1 heterocycles. The Labute approximate surface area is 169 Å². The molecule has 150 valence electrons. The molecule has 0 unspecified atom stereocenters. The SMILES string of the molecule is CC(=O)[C@@H](Cc1ccccc1)NC(=O)CSc1ccc(S(=O)(=O)N(C)C)cn1. The van der Waals surface area contributed by atoms with Crippen LogP contribution in [-0.2, 0) is 26.0 Å². The van der Waals surface area contributed by atoms with Crippen LogP contribution >= 0.6 is 11.8 Å². The summed E-state index contributed by atoms with van der Waals surface area (Å²) in [7, 11) is -0.640. The number of nitrogens with one attached hydrogen (secondary N) is 1. The molecule has 0 radical (unpaired) electrons. The first-order valence-electron chi connectivity index (χ1n) is 8.55. The number of thioether (sulfide) groups is 1. The van der Waals surface area contributed by atoms with Gasteiger partial charge >= 0.3 is 0 Å². The molecule has 2 rings (SSSR count). The van der Waals surface area contributed by atoms with E-state index in [1.165, 1.54) is 45.0 Å². The second kappa shape index (κ2) is 9.81. The Balaban J connectivity index is 1.93. The van der Waals surface area contributed by atoms with Crippen molar-refractivity contribution in [2.45, 2.75) is 29.3 Å². The van der Waals surface area contributed by atoms with Gasteiger partial charge in [0, 0.05) is 20.3 Å². The zero-order valence-corrected chi connectivity index (χ0v) is 17.6. The van der Waals surface area contributed by atoms with Crippen molar-refractivity contribution in [3.8, 4) is 0 Å². The van der Waals surface area contributed by atoms with Gasteiger partial charge in [-0.2, -0.15) is 0 Å². The van der Waals surface area contributed by atoms with E-state index in [1.807, 2.05) is 30.3 Å². The third-order valence-electron chi connectivity index (χ3n) is 3.95. The van der Waals surface area contributed by atoms with Crippen LogP contribution in [0.5, 0.6) is 0 Å². The Morgan fingerprint density at radius 1 is 1.14 bits per heavy atom. The van der Waals surface area contributed by atoms with Gasteiger partial charge in [-0.3, -0.25) is 9.59 Å². The van der Waals surface area contributed by atoms with Crippen molar-refractivity contribution in [2.75, 3.05) is 19.8 Å². The zero-order chi connectivity index (χ0) is 20.7. The van der Waals surface area contributed by atoms with Crippen molar-refractivity contribution in [3.63, 3.8) is 0 Å². The second-order valence-corrected chi connectivity index (χ2v) is 9.48. The van der Waals surface area contributed by atoms with Crippen LogP contribution in [0.25, 0.3) is 0 Å². The molecule has 1 N–H and O–H groups in total. The third-order valence-corrected chi connectivity index (χ3v) is 6.69. The fraction of sp³-hybridized carbons (Fsp3) is 0.316. The van der Waals surface area contributed by atoms with Gasteiger partial charge in [-0.05, 0) is 31.0 Å². The van der Waals surface area contributed by atoms with E-state index in [0.29, 0.717) is 11.4 Å². The lowest BCUT2D eigenvalue weighted by atomic mass is 10.0. The summed E-state index contributed by atoms with van der Waals surface area (Å²) in [5, 5.41) is 3.27. The maximum Gasteiger partial charge on any atom is 0.244 e. The minimum absolute atomic E-state index is 0.0747. The maximum absolute atomic E-state index is 12.2. The molecule has 0 saturated carbocycles. The minimum atomic E-state index is -3.54. The summed E-state index contributed by atoms with van der Waals surface area (Å²) in [6, 6.07) is 11.9. The Morgan fingerprint density at radius 3 is 2.36 bits per heavy atom. The third kappa shape index (κ3) is 6.15. The predicted molar refractivity (Wildman–Crippen MR) is 109 cm³/mol. The van der Waals surface area contributed by atoms with E-state index in [2.05, 4.69) is 10.3 Å². The quantitative estimate of drug-likeness (QED) is 0.620. The van der Waals surface area contributed by atoms with Crippen molar-refractivity contribution < 1.29 is 18.0 Å². The largest absolute Gasteiger partial charge is 0.345 e. The molecule has 1 atom stereocenters. The summed E-state index contributed by atoms with van der Waals surface area (Å²) in [5.41, 5.74) is 0.968. The molecule has 9 heteroatoms. The highest BCUT2D eigenvalue weighted by molar-refractivity contribution is 7.99. The average molecular weight is 422 g/mol. The van der Waals surface area contributed by atoms with E-state index in [4.69, 9.17) is 0 Å². The number of Topliss-reactive ketones (excluding diaryl/α,β-unsaturated/α-hetero) is 1. The number of rotatable bonds is 9. The van der Waals surface area contributed by atoms with Gasteiger partial charge in [-0.1, -0.05) is 42.1 Å². The first-order chi connectivity index (χ1) is 13.2. The van der Waals surface area contributed by atoms with E-state index in [1.54, 1.807) is 6.07 Å². The van der Waals surface area contributed by atoms with Gasteiger partial charge < -0.3 is 5.32 Å². The molecule has 1 aromatic heterocycles. The molecule has 1 amide bonds. The molecule has 0 saturated heterocycles. The van der Waals surface area contributed by atoms with Gasteiger partial charge in [0.15, 0.2) is 5.78 Å². The van der Waals surface area contributed by atoms with Crippen molar-refractivity contribution in [1.82, 2.24) is 14.6 Å². The topological polar surface area (TPSA) is 96.4 Å². The molecular formula is C19H23N3O4S2. The number of pyridine rings is 1. The van der Waals surface area contributed by atoms with Crippen LogP contribution < -0.4 is 5.32 Å². The summed E-state index contributed by atoms with van der Waals surface area (Å²) in [6.07, 6.45) is 1.70. The summed E-state index contributed by atoms with van der Waals surface area (Å²) in [5.74, 6) is -0.322. The summed E-state index contributed by atoms with van der Waals surface area (Å²) >= 11 is 1.17. The van der Waals surface area contributed by atoms with E-state index in [9.17, 15) is 18.0 Å². The molecule has 0 bridgehead atoms. The van der Waals surface area contributed by atoms with Crippen LogP contribution in [0.1, 0.15) is 12.5 Å². The number of nitrogens with zero attached hydrogens (tertiary/aromatic N) is 2. The molecule has 7 nitrogen and oxygen atoms in total. The van der Waals surface area contributed by atoms with Crippen molar-refractivity contribution in [2.24, 2.45) is 0 Å².